The summed E-state index contributed by atoms with van der Waals surface area (Å²) < 4.78 is 12.8. The summed E-state index contributed by atoms with van der Waals surface area (Å²) in [5.41, 5.74) is 1.65. The van der Waals surface area contributed by atoms with Crippen LogP contribution in [0.15, 0.2) is 35.3 Å². The van der Waals surface area contributed by atoms with Crippen molar-refractivity contribution in [1.82, 2.24) is 4.98 Å². The Morgan fingerprint density at radius 3 is 2.86 bits per heavy atom. The Kier molecular flexibility index (Phi) is 2.59. The van der Waals surface area contributed by atoms with Gasteiger partial charge in [-0.05, 0) is 35.3 Å². The first kappa shape index (κ1) is 9.34. The predicted molar refractivity (Wildman–Crippen MR) is 59.7 cm³/mol. The lowest BCUT2D eigenvalue weighted by Crippen LogP contribution is -1.83. The third-order valence-corrected chi connectivity index (χ3v) is 2.17. The Balaban J connectivity index is 2.61. The Hall–Kier alpha value is -1.22. The van der Waals surface area contributed by atoms with Gasteiger partial charge in [-0.1, -0.05) is 22.0 Å². The van der Waals surface area contributed by atoms with Crippen LogP contribution in [0, 0.1) is 5.82 Å². The van der Waals surface area contributed by atoms with Gasteiger partial charge in [0.2, 0.25) is 0 Å². The lowest BCUT2D eigenvalue weighted by atomic mass is 10.2. The maximum Gasteiger partial charge on any atom is 0.123 e. The lowest BCUT2D eigenvalue weighted by Gasteiger charge is -1.98. The van der Waals surface area contributed by atoms with Crippen molar-refractivity contribution in [3.05, 3.63) is 46.8 Å². The van der Waals surface area contributed by atoms with E-state index in [-0.39, 0.29) is 5.82 Å². The standard InChI is InChI=1S/C11H7BrFN/c12-6-5-10-3-1-8-7-9(13)2-4-11(8)14-10/h1-7H/b6-5-. The minimum Gasteiger partial charge on any atom is -0.248 e. The summed E-state index contributed by atoms with van der Waals surface area (Å²) in [6.07, 6.45) is 1.84. The number of hydrogen-bond donors (Lipinski definition) is 0. The number of benzene rings is 1. The SMILES string of the molecule is Fc1ccc2nc(/C=C\Br)ccc2c1. The molecule has 0 unspecified atom stereocenters. The number of rotatable bonds is 1. The molecule has 2 rings (SSSR count). The lowest BCUT2D eigenvalue weighted by molar-refractivity contribution is 0.629. The Morgan fingerprint density at radius 1 is 1.21 bits per heavy atom. The molecule has 0 radical (unpaired) electrons. The van der Waals surface area contributed by atoms with Crippen LogP contribution in [0.1, 0.15) is 5.69 Å². The molecule has 0 N–H and O–H groups in total. The smallest absolute Gasteiger partial charge is 0.123 e. The summed E-state index contributed by atoms with van der Waals surface area (Å²) in [5.74, 6) is -0.233. The topological polar surface area (TPSA) is 12.9 Å². The average Bonchev–Trinajstić information content (AvgIpc) is 2.19. The van der Waals surface area contributed by atoms with E-state index < -0.39 is 0 Å². The van der Waals surface area contributed by atoms with Gasteiger partial charge in [0.15, 0.2) is 0 Å². The second-order valence-electron chi connectivity index (χ2n) is 2.87. The summed E-state index contributed by atoms with van der Waals surface area (Å²) in [5, 5.41) is 0.816. The molecule has 0 saturated carbocycles. The average molecular weight is 252 g/mol. The van der Waals surface area contributed by atoms with Crippen molar-refractivity contribution in [2.24, 2.45) is 0 Å². The predicted octanol–water partition coefficient (Wildman–Crippen LogP) is 3.74. The van der Waals surface area contributed by atoms with Crippen molar-refractivity contribution in [2.45, 2.75) is 0 Å². The van der Waals surface area contributed by atoms with Gasteiger partial charge in [-0.25, -0.2) is 9.37 Å². The molecule has 1 nitrogen and oxygen atoms in total. The quantitative estimate of drug-likeness (QED) is 0.753. The van der Waals surface area contributed by atoms with Crippen molar-refractivity contribution in [3.63, 3.8) is 0 Å². The minimum atomic E-state index is -0.233. The molecule has 0 saturated heterocycles. The van der Waals surface area contributed by atoms with Crippen LogP contribution in [-0.4, -0.2) is 4.98 Å². The van der Waals surface area contributed by atoms with Gasteiger partial charge in [0.1, 0.15) is 5.82 Å². The Labute approximate surface area is 89.4 Å². The zero-order valence-corrected chi connectivity index (χ0v) is 8.83. The molecule has 1 heterocycles. The molecule has 0 spiro atoms. The molecule has 0 atom stereocenters. The van der Waals surface area contributed by atoms with Crippen LogP contribution in [0.4, 0.5) is 4.39 Å². The van der Waals surface area contributed by atoms with Gasteiger partial charge in [0.05, 0.1) is 11.2 Å². The van der Waals surface area contributed by atoms with Crippen LogP contribution >= 0.6 is 15.9 Å². The highest BCUT2D eigenvalue weighted by Gasteiger charge is 1.97. The van der Waals surface area contributed by atoms with Gasteiger partial charge in [-0.2, -0.15) is 0 Å². The summed E-state index contributed by atoms with van der Waals surface area (Å²) in [6.45, 7) is 0. The molecule has 0 aliphatic heterocycles. The molecule has 2 aromatic rings. The van der Waals surface area contributed by atoms with E-state index in [9.17, 15) is 4.39 Å². The maximum atomic E-state index is 12.8. The molecule has 0 aliphatic rings. The van der Waals surface area contributed by atoms with E-state index in [1.807, 2.05) is 18.2 Å². The molecule has 0 amide bonds. The van der Waals surface area contributed by atoms with E-state index in [1.54, 1.807) is 11.1 Å². The highest BCUT2D eigenvalue weighted by atomic mass is 79.9. The van der Waals surface area contributed by atoms with E-state index in [1.165, 1.54) is 12.1 Å². The molecule has 0 aliphatic carbocycles. The van der Waals surface area contributed by atoms with Gasteiger partial charge < -0.3 is 0 Å². The van der Waals surface area contributed by atoms with Gasteiger partial charge in [-0.3, -0.25) is 0 Å². The fraction of sp³-hybridized carbons (Fsp3) is 0. The fourth-order valence-corrected chi connectivity index (χ4v) is 1.54. The molecule has 0 fully saturated rings. The Morgan fingerprint density at radius 2 is 2.07 bits per heavy atom. The van der Waals surface area contributed by atoms with Crippen LogP contribution in [0.3, 0.4) is 0 Å². The second-order valence-corrected chi connectivity index (χ2v) is 3.39. The molecular weight excluding hydrogens is 245 g/mol. The largest absolute Gasteiger partial charge is 0.248 e. The first-order valence-corrected chi connectivity index (χ1v) is 5.04. The second kappa shape index (κ2) is 3.88. The van der Waals surface area contributed by atoms with Crippen LogP contribution < -0.4 is 0 Å². The van der Waals surface area contributed by atoms with Crippen molar-refractivity contribution in [1.29, 1.82) is 0 Å². The fourth-order valence-electron chi connectivity index (χ4n) is 1.27. The number of halogens is 2. The van der Waals surface area contributed by atoms with Gasteiger partial charge >= 0.3 is 0 Å². The van der Waals surface area contributed by atoms with E-state index in [2.05, 4.69) is 20.9 Å². The van der Waals surface area contributed by atoms with Gasteiger partial charge in [0, 0.05) is 5.39 Å². The van der Waals surface area contributed by atoms with Crippen molar-refractivity contribution in [2.75, 3.05) is 0 Å². The molecule has 14 heavy (non-hydrogen) atoms. The molecule has 0 bridgehead atoms. The van der Waals surface area contributed by atoms with E-state index >= 15 is 0 Å². The number of nitrogens with zero attached hydrogens (tertiary/aromatic N) is 1. The zero-order valence-electron chi connectivity index (χ0n) is 7.24. The first-order chi connectivity index (χ1) is 6.79. The van der Waals surface area contributed by atoms with Gasteiger partial charge in [0.25, 0.3) is 0 Å². The summed E-state index contributed by atoms with van der Waals surface area (Å²) in [7, 11) is 0. The van der Waals surface area contributed by atoms with Crippen LogP contribution in [0.2, 0.25) is 0 Å². The number of pyridine rings is 1. The first-order valence-electron chi connectivity index (χ1n) is 4.13. The zero-order chi connectivity index (χ0) is 9.97. The maximum absolute atomic E-state index is 12.8. The molecule has 70 valence electrons. The Bertz CT molecular complexity index is 494. The van der Waals surface area contributed by atoms with Crippen LogP contribution in [0.25, 0.3) is 17.0 Å². The van der Waals surface area contributed by atoms with Gasteiger partial charge in [-0.15, -0.1) is 0 Å². The monoisotopic (exact) mass is 251 g/mol. The molecular formula is C11H7BrFN. The number of hydrogen-bond acceptors (Lipinski definition) is 1. The molecule has 1 aromatic carbocycles. The number of aromatic nitrogens is 1. The summed E-state index contributed by atoms with van der Waals surface area (Å²) in [4.78, 5) is 6.06. The molecule has 3 heteroatoms. The van der Waals surface area contributed by atoms with Crippen molar-refractivity contribution >= 4 is 32.9 Å². The molecule has 1 aromatic heterocycles. The number of fused-ring (bicyclic) bond motifs is 1. The summed E-state index contributed by atoms with van der Waals surface area (Å²) >= 11 is 3.18. The summed E-state index contributed by atoms with van der Waals surface area (Å²) in [6, 6.07) is 8.27. The highest BCUT2D eigenvalue weighted by molar-refractivity contribution is 9.11. The van der Waals surface area contributed by atoms with E-state index in [4.69, 9.17) is 0 Å². The van der Waals surface area contributed by atoms with E-state index in [0.29, 0.717) is 0 Å². The van der Waals surface area contributed by atoms with Crippen LogP contribution in [-0.2, 0) is 0 Å². The van der Waals surface area contributed by atoms with Crippen molar-refractivity contribution in [3.8, 4) is 0 Å². The van der Waals surface area contributed by atoms with E-state index in [0.717, 1.165) is 16.6 Å². The third-order valence-electron chi connectivity index (χ3n) is 1.91. The minimum absolute atomic E-state index is 0.233. The van der Waals surface area contributed by atoms with Crippen LogP contribution in [0.5, 0.6) is 0 Å². The third kappa shape index (κ3) is 1.82. The normalized spacial score (nSPS) is 11.3. The highest BCUT2D eigenvalue weighted by Crippen LogP contribution is 2.14. The van der Waals surface area contributed by atoms with Crippen molar-refractivity contribution < 1.29 is 4.39 Å².